The summed E-state index contributed by atoms with van der Waals surface area (Å²) in [6.07, 6.45) is -0.561. The van der Waals surface area contributed by atoms with Gasteiger partial charge < -0.3 is 5.32 Å². The fourth-order valence-electron chi connectivity index (χ4n) is 2.73. The van der Waals surface area contributed by atoms with Crippen LogP contribution in [0.3, 0.4) is 0 Å². The summed E-state index contributed by atoms with van der Waals surface area (Å²) in [5.74, 6) is 0.0211. The van der Waals surface area contributed by atoms with Gasteiger partial charge in [0.05, 0.1) is 5.69 Å². The van der Waals surface area contributed by atoms with Crippen molar-refractivity contribution in [1.82, 2.24) is 9.97 Å². The summed E-state index contributed by atoms with van der Waals surface area (Å²) in [5.41, 5.74) is 0.768. The molecule has 0 amide bonds. The van der Waals surface area contributed by atoms with Crippen LogP contribution < -0.4 is 5.32 Å². The van der Waals surface area contributed by atoms with E-state index < -0.39 is 18.5 Å². The van der Waals surface area contributed by atoms with Crippen LogP contribution in [0.25, 0.3) is 0 Å². The number of halogens is 4. The van der Waals surface area contributed by atoms with Crippen LogP contribution in [0.2, 0.25) is 5.02 Å². The first kappa shape index (κ1) is 16.3. The molecule has 0 aromatic carbocycles. The molecule has 1 aliphatic carbocycles. The molecule has 1 aromatic heterocycles. The van der Waals surface area contributed by atoms with Crippen LogP contribution in [0.4, 0.5) is 19.0 Å². The van der Waals surface area contributed by atoms with Gasteiger partial charge >= 0.3 is 0 Å². The molecule has 0 radical (unpaired) electrons. The van der Waals surface area contributed by atoms with Gasteiger partial charge in [0, 0.05) is 6.04 Å². The monoisotopic (exact) mass is 321 g/mol. The van der Waals surface area contributed by atoms with E-state index in [1.165, 1.54) is 6.33 Å². The minimum atomic E-state index is -2.89. The number of nitrogens with one attached hydrogen (secondary N) is 1. The number of rotatable bonds is 5. The summed E-state index contributed by atoms with van der Waals surface area (Å²) in [6.45, 7) is 1.95. The molecule has 1 N–H and O–H groups in total. The van der Waals surface area contributed by atoms with E-state index in [9.17, 15) is 13.2 Å². The maximum Gasteiger partial charge on any atom is 0.269 e. The van der Waals surface area contributed by atoms with Gasteiger partial charge in [-0.1, -0.05) is 18.5 Å². The van der Waals surface area contributed by atoms with Gasteiger partial charge in [0.15, 0.2) is 6.17 Å². The Bertz CT molecular complexity index is 465. The fraction of sp³-hybridized carbons (Fsp3) is 0.714. The van der Waals surface area contributed by atoms with Gasteiger partial charge in [0.25, 0.3) is 6.43 Å². The lowest BCUT2D eigenvalue weighted by Gasteiger charge is -2.31. The first-order chi connectivity index (χ1) is 10.0. The highest BCUT2D eigenvalue weighted by molar-refractivity contribution is 6.33. The van der Waals surface area contributed by atoms with Crippen molar-refractivity contribution in [3.63, 3.8) is 0 Å². The second kappa shape index (κ2) is 7.29. The van der Waals surface area contributed by atoms with Crippen LogP contribution in [0.15, 0.2) is 6.33 Å². The molecule has 1 heterocycles. The molecule has 118 valence electrons. The van der Waals surface area contributed by atoms with Crippen LogP contribution in [-0.2, 0) is 6.42 Å². The van der Waals surface area contributed by atoms with Crippen molar-refractivity contribution in [1.29, 1.82) is 0 Å². The molecule has 0 saturated heterocycles. The average Bonchev–Trinajstić information content (AvgIpc) is 2.49. The highest BCUT2D eigenvalue weighted by Crippen LogP contribution is 2.33. The smallest absolute Gasteiger partial charge is 0.269 e. The fourth-order valence-corrected chi connectivity index (χ4v) is 3.02. The molecule has 0 aliphatic heterocycles. The van der Waals surface area contributed by atoms with E-state index in [1.54, 1.807) is 0 Å². The van der Waals surface area contributed by atoms with Crippen molar-refractivity contribution in [2.45, 2.75) is 57.7 Å². The summed E-state index contributed by atoms with van der Waals surface area (Å²) in [4.78, 5) is 8.20. The first-order valence-electron chi connectivity index (χ1n) is 7.21. The summed E-state index contributed by atoms with van der Waals surface area (Å²) < 4.78 is 38.1. The Hall–Kier alpha value is -1.04. The second-order valence-electron chi connectivity index (χ2n) is 5.37. The zero-order chi connectivity index (χ0) is 15.4. The second-order valence-corrected chi connectivity index (χ2v) is 5.75. The zero-order valence-corrected chi connectivity index (χ0v) is 12.6. The molecule has 3 nitrogen and oxygen atoms in total. The number of hydrogen-bond donors (Lipinski definition) is 1. The normalized spacial score (nSPS) is 24.1. The molecule has 2 rings (SSSR count). The summed E-state index contributed by atoms with van der Waals surface area (Å²) >= 11 is 6.20. The number of alkyl halides is 3. The summed E-state index contributed by atoms with van der Waals surface area (Å²) in [7, 11) is 0. The van der Waals surface area contributed by atoms with E-state index >= 15 is 0 Å². The molecule has 7 heteroatoms. The van der Waals surface area contributed by atoms with Gasteiger partial charge in [0.1, 0.15) is 17.2 Å². The van der Waals surface area contributed by atoms with Crippen LogP contribution in [0.5, 0.6) is 0 Å². The quantitative estimate of drug-likeness (QED) is 0.880. The average molecular weight is 322 g/mol. The third kappa shape index (κ3) is 3.99. The molecule has 1 saturated carbocycles. The maximum absolute atomic E-state index is 13.3. The third-order valence-electron chi connectivity index (χ3n) is 4.00. The largest absolute Gasteiger partial charge is 0.366 e. The van der Waals surface area contributed by atoms with Crippen LogP contribution in [0, 0.1) is 5.92 Å². The van der Waals surface area contributed by atoms with Crippen LogP contribution in [0.1, 0.15) is 38.3 Å². The van der Waals surface area contributed by atoms with Gasteiger partial charge in [-0.3, -0.25) is 0 Å². The van der Waals surface area contributed by atoms with Gasteiger partial charge in [-0.15, -0.1) is 0 Å². The standard InChI is InChI=1S/C14H19ClF3N3/c1-2-10-11(15)14(20-7-19-10)21-9-5-3-8(4-6-9)12(16)13(17)18/h7-9,12-13H,2-6H2,1H3,(H,19,20,21)/t8-,9+,12?. The van der Waals surface area contributed by atoms with Crippen LogP contribution in [-0.4, -0.2) is 28.6 Å². The predicted molar refractivity (Wildman–Crippen MR) is 76.7 cm³/mol. The van der Waals surface area contributed by atoms with E-state index in [2.05, 4.69) is 15.3 Å². The lowest BCUT2D eigenvalue weighted by molar-refractivity contribution is 0.00505. The minimum Gasteiger partial charge on any atom is -0.366 e. The highest BCUT2D eigenvalue weighted by Gasteiger charge is 2.33. The predicted octanol–water partition coefficient (Wildman–Crippen LogP) is 4.27. The zero-order valence-electron chi connectivity index (χ0n) is 11.8. The molecule has 21 heavy (non-hydrogen) atoms. The number of aryl methyl sites for hydroxylation is 1. The van der Waals surface area contributed by atoms with E-state index in [1.807, 2.05) is 6.92 Å². The molecular formula is C14H19ClF3N3. The van der Waals surface area contributed by atoms with Crippen molar-refractivity contribution < 1.29 is 13.2 Å². The maximum atomic E-state index is 13.3. The van der Waals surface area contributed by atoms with Gasteiger partial charge in [-0.05, 0) is 38.0 Å². The Balaban J connectivity index is 1.92. The van der Waals surface area contributed by atoms with E-state index in [0.29, 0.717) is 42.9 Å². The molecular weight excluding hydrogens is 303 g/mol. The molecule has 1 unspecified atom stereocenters. The van der Waals surface area contributed by atoms with Crippen molar-refractivity contribution in [2.75, 3.05) is 5.32 Å². The Kier molecular flexibility index (Phi) is 5.67. The minimum absolute atomic E-state index is 0.0863. The van der Waals surface area contributed by atoms with Gasteiger partial charge in [0.2, 0.25) is 0 Å². The summed E-state index contributed by atoms with van der Waals surface area (Å²) in [6, 6.07) is 0.0863. The lowest BCUT2D eigenvalue weighted by atomic mass is 9.83. The van der Waals surface area contributed by atoms with Gasteiger partial charge in [-0.2, -0.15) is 0 Å². The molecule has 0 bridgehead atoms. The van der Waals surface area contributed by atoms with Crippen LogP contribution >= 0.6 is 11.6 Å². The first-order valence-corrected chi connectivity index (χ1v) is 7.58. The van der Waals surface area contributed by atoms with Crippen molar-refractivity contribution in [3.05, 3.63) is 17.0 Å². The number of anilines is 1. The number of aromatic nitrogens is 2. The van der Waals surface area contributed by atoms with E-state index in [4.69, 9.17) is 11.6 Å². The van der Waals surface area contributed by atoms with Crippen molar-refractivity contribution in [3.8, 4) is 0 Å². The van der Waals surface area contributed by atoms with Crippen molar-refractivity contribution in [2.24, 2.45) is 5.92 Å². The van der Waals surface area contributed by atoms with Gasteiger partial charge in [-0.25, -0.2) is 23.1 Å². The number of nitrogens with zero attached hydrogens (tertiary/aromatic N) is 2. The Morgan fingerprint density at radius 2 is 1.90 bits per heavy atom. The molecule has 1 atom stereocenters. The lowest BCUT2D eigenvalue weighted by Crippen LogP contribution is -2.33. The SMILES string of the molecule is CCc1ncnc(N[C@H]2CC[C@@H](C(F)C(F)F)CC2)c1Cl. The molecule has 1 aliphatic rings. The summed E-state index contributed by atoms with van der Waals surface area (Å²) in [5, 5.41) is 3.72. The Labute approximate surface area is 127 Å². The highest BCUT2D eigenvalue weighted by atomic mass is 35.5. The topological polar surface area (TPSA) is 37.8 Å². The van der Waals surface area contributed by atoms with Crippen molar-refractivity contribution >= 4 is 17.4 Å². The Morgan fingerprint density at radius 3 is 2.48 bits per heavy atom. The van der Waals surface area contributed by atoms with E-state index in [0.717, 1.165) is 5.69 Å². The Morgan fingerprint density at radius 1 is 1.24 bits per heavy atom. The molecule has 1 fully saturated rings. The third-order valence-corrected chi connectivity index (χ3v) is 4.40. The molecule has 0 spiro atoms. The van der Waals surface area contributed by atoms with E-state index in [-0.39, 0.29) is 6.04 Å². The number of hydrogen-bond acceptors (Lipinski definition) is 3. The molecule has 1 aromatic rings.